The van der Waals surface area contributed by atoms with Crippen molar-refractivity contribution in [2.45, 2.75) is 51.9 Å². The van der Waals surface area contributed by atoms with Gasteiger partial charge in [-0.2, -0.15) is 0 Å². The number of hydrogen-bond donors (Lipinski definition) is 2. The van der Waals surface area contributed by atoms with E-state index in [9.17, 15) is 9.59 Å². The van der Waals surface area contributed by atoms with Gasteiger partial charge in [0.2, 0.25) is 0 Å². The molecule has 1 aromatic carbocycles. The Morgan fingerprint density at radius 1 is 1.19 bits per heavy atom. The molecule has 7 heteroatoms. The molecule has 0 saturated carbocycles. The normalized spacial score (nSPS) is 17.3. The van der Waals surface area contributed by atoms with Crippen LogP contribution in [-0.4, -0.2) is 54.9 Å². The summed E-state index contributed by atoms with van der Waals surface area (Å²) in [6.45, 7) is 8.20. The highest BCUT2D eigenvalue weighted by Crippen LogP contribution is 2.12. The predicted octanol–water partition coefficient (Wildman–Crippen LogP) is 2.90. The molecule has 0 bridgehead atoms. The van der Waals surface area contributed by atoms with Gasteiger partial charge in [-0.1, -0.05) is 30.3 Å². The van der Waals surface area contributed by atoms with E-state index in [-0.39, 0.29) is 18.7 Å². The maximum atomic E-state index is 12.3. The van der Waals surface area contributed by atoms with Crippen molar-refractivity contribution in [2.75, 3.05) is 26.2 Å². The van der Waals surface area contributed by atoms with Crippen LogP contribution in [0.1, 0.15) is 39.2 Å². The molecule has 1 unspecified atom stereocenters. The van der Waals surface area contributed by atoms with Gasteiger partial charge in [-0.15, -0.1) is 0 Å². The molecule has 1 atom stereocenters. The van der Waals surface area contributed by atoms with E-state index in [0.29, 0.717) is 26.2 Å². The van der Waals surface area contributed by atoms with Crippen molar-refractivity contribution in [1.82, 2.24) is 15.5 Å². The minimum absolute atomic E-state index is 0.198. The minimum Gasteiger partial charge on any atom is -0.445 e. The molecule has 2 amide bonds. The fraction of sp³-hybridized carbons (Fsp3) is 0.600. The van der Waals surface area contributed by atoms with Gasteiger partial charge in [-0.25, -0.2) is 9.59 Å². The molecule has 1 aliphatic rings. The van der Waals surface area contributed by atoms with Gasteiger partial charge in [0.25, 0.3) is 0 Å². The number of rotatable bonds is 6. The first-order chi connectivity index (χ1) is 12.8. The van der Waals surface area contributed by atoms with Gasteiger partial charge in [-0.3, -0.25) is 0 Å². The first kappa shape index (κ1) is 21.0. The second kappa shape index (κ2) is 10.2. The number of ether oxygens (including phenoxy) is 2. The smallest absolute Gasteiger partial charge is 0.410 e. The van der Waals surface area contributed by atoms with Crippen LogP contribution in [0.15, 0.2) is 30.3 Å². The van der Waals surface area contributed by atoms with Crippen molar-refractivity contribution < 1.29 is 19.1 Å². The molecular weight excluding hydrogens is 346 g/mol. The van der Waals surface area contributed by atoms with Crippen molar-refractivity contribution in [3.8, 4) is 0 Å². The molecule has 27 heavy (non-hydrogen) atoms. The largest absolute Gasteiger partial charge is 0.445 e. The Labute approximate surface area is 161 Å². The molecule has 1 fully saturated rings. The molecule has 2 N–H and O–H groups in total. The lowest BCUT2D eigenvalue weighted by Crippen LogP contribution is -2.49. The lowest BCUT2D eigenvalue weighted by atomic mass is 10.1. The Bertz CT molecular complexity index is 601. The number of amides is 2. The maximum absolute atomic E-state index is 12.3. The number of benzene rings is 1. The van der Waals surface area contributed by atoms with Crippen LogP contribution >= 0.6 is 0 Å². The minimum atomic E-state index is -0.499. The van der Waals surface area contributed by atoms with E-state index in [2.05, 4.69) is 10.6 Å². The SMILES string of the molecule is CC(C)(C)OC(=O)NCCNC1CCCN(C(=O)OCc2ccccc2)C1. The van der Waals surface area contributed by atoms with Crippen molar-refractivity contribution in [3.05, 3.63) is 35.9 Å². The van der Waals surface area contributed by atoms with Gasteiger partial charge >= 0.3 is 12.2 Å². The third-order valence-corrected chi connectivity index (χ3v) is 4.11. The Kier molecular flexibility index (Phi) is 7.91. The molecule has 150 valence electrons. The summed E-state index contributed by atoms with van der Waals surface area (Å²) in [6.07, 6.45) is 1.23. The predicted molar refractivity (Wildman–Crippen MR) is 103 cm³/mol. The molecule has 0 spiro atoms. The van der Waals surface area contributed by atoms with Crippen molar-refractivity contribution in [3.63, 3.8) is 0 Å². The van der Waals surface area contributed by atoms with Crippen LogP contribution in [-0.2, 0) is 16.1 Å². The van der Waals surface area contributed by atoms with E-state index in [1.165, 1.54) is 0 Å². The highest BCUT2D eigenvalue weighted by molar-refractivity contribution is 5.68. The zero-order valence-electron chi connectivity index (χ0n) is 16.5. The average molecular weight is 377 g/mol. The van der Waals surface area contributed by atoms with E-state index >= 15 is 0 Å². The number of piperidine rings is 1. The maximum Gasteiger partial charge on any atom is 0.410 e. The molecule has 1 saturated heterocycles. The van der Waals surface area contributed by atoms with Crippen molar-refractivity contribution in [2.24, 2.45) is 0 Å². The third kappa shape index (κ3) is 8.30. The Morgan fingerprint density at radius 3 is 2.63 bits per heavy atom. The fourth-order valence-electron chi connectivity index (χ4n) is 2.88. The van der Waals surface area contributed by atoms with E-state index in [0.717, 1.165) is 18.4 Å². The van der Waals surface area contributed by atoms with Crippen LogP contribution < -0.4 is 10.6 Å². The Balaban J connectivity index is 1.65. The molecule has 7 nitrogen and oxygen atoms in total. The van der Waals surface area contributed by atoms with E-state index in [1.807, 2.05) is 51.1 Å². The van der Waals surface area contributed by atoms with Gasteiger partial charge < -0.3 is 25.0 Å². The quantitative estimate of drug-likeness (QED) is 0.745. The lowest BCUT2D eigenvalue weighted by Gasteiger charge is -2.32. The van der Waals surface area contributed by atoms with E-state index in [1.54, 1.807) is 4.90 Å². The monoisotopic (exact) mass is 377 g/mol. The number of likely N-dealkylation sites (tertiary alicyclic amines) is 1. The second-order valence-electron chi connectivity index (χ2n) is 7.71. The van der Waals surface area contributed by atoms with Gasteiger partial charge in [0.15, 0.2) is 0 Å². The van der Waals surface area contributed by atoms with Crippen LogP contribution in [0.25, 0.3) is 0 Å². The van der Waals surface area contributed by atoms with Crippen LogP contribution in [0.4, 0.5) is 9.59 Å². The molecule has 0 aliphatic carbocycles. The highest BCUT2D eigenvalue weighted by atomic mass is 16.6. The Morgan fingerprint density at radius 2 is 1.93 bits per heavy atom. The summed E-state index contributed by atoms with van der Waals surface area (Å²) < 4.78 is 10.6. The number of alkyl carbamates (subject to hydrolysis) is 1. The number of carbonyl (C=O) groups excluding carboxylic acids is 2. The van der Waals surface area contributed by atoms with Crippen LogP contribution in [0.3, 0.4) is 0 Å². The number of carbonyl (C=O) groups is 2. The number of nitrogens with one attached hydrogen (secondary N) is 2. The molecule has 2 rings (SSSR count). The first-order valence-corrected chi connectivity index (χ1v) is 9.49. The standard InChI is InChI=1S/C20H31N3O4/c1-20(2,3)27-18(24)22-12-11-21-17-10-7-13-23(14-17)19(25)26-15-16-8-5-4-6-9-16/h4-6,8-9,17,21H,7,10-15H2,1-3H3,(H,22,24). The zero-order chi connectivity index (χ0) is 19.7. The van der Waals surface area contributed by atoms with Gasteiger partial charge in [-0.05, 0) is 39.2 Å². The van der Waals surface area contributed by atoms with Crippen molar-refractivity contribution >= 4 is 12.2 Å². The summed E-state index contributed by atoms with van der Waals surface area (Å²) in [4.78, 5) is 25.6. The van der Waals surface area contributed by atoms with Crippen LogP contribution in [0, 0.1) is 0 Å². The highest BCUT2D eigenvalue weighted by Gasteiger charge is 2.24. The van der Waals surface area contributed by atoms with Gasteiger partial charge in [0, 0.05) is 32.2 Å². The van der Waals surface area contributed by atoms with Crippen LogP contribution in [0.2, 0.25) is 0 Å². The molecular formula is C20H31N3O4. The molecule has 0 aromatic heterocycles. The average Bonchev–Trinajstić information content (AvgIpc) is 2.63. The Hall–Kier alpha value is -2.28. The first-order valence-electron chi connectivity index (χ1n) is 9.49. The summed E-state index contributed by atoms with van der Waals surface area (Å²) in [7, 11) is 0. The summed E-state index contributed by atoms with van der Waals surface area (Å²) in [5.74, 6) is 0. The second-order valence-corrected chi connectivity index (χ2v) is 7.71. The van der Waals surface area contributed by atoms with Crippen LogP contribution in [0.5, 0.6) is 0 Å². The number of hydrogen-bond acceptors (Lipinski definition) is 5. The topological polar surface area (TPSA) is 79.9 Å². The molecule has 1 heterocycles. The summed E-state index contributed by atoms with van der Waals surface area (Å²) in [5.41, 5.74) is 0.479. The zero-order valence-corrected chi connectivity index (χ0v) is 16.5. The molecule has 0 radical (unpaired) electrons. The van der Waals surface area contributed by atoms with E-state index in [4.69, 9.17) is 9.47 Å². The molecule has 1 aromatic rings. The van der Waals surface area contributed by atoms with E-state index < -0.39 is 11.7 Å². The number of nitrogens with zero attached hydrogens (tertiary/aromatic N) is 1. The molecule has 1 aliphatic heterocycles. The van der Waals surface area contributed by atoms with Gasteiger partial charge in [0.1, 0.15) is 12.2 Å². The fourth-order valence-corrected chi connectivity index (χ4v) is 2.88. The summed E-state index contributed by atoms with van der Waals surface area (Å²) >= 11 is 0. The summed E-state index contributed by atoms with van der Waals surface area (Å²) in [5, 5.41) is 6.10. The van der Waals surface area contributed by atoms with Crippen molar-refractivity contribution in [1.29, 1.82) is 0 Å². The third-order valence-electron chi connectivity index (χ3n) is 4.11. The lowest BCUT2D eigenvalue weighted by molar-refractivity contribution is 0.0527. The van der Waals surface area contributed by atoms with Gasteiger partial charge in [0.05, 0.1) is 0 Å². The summed E-state index contributed by atoms with van der Waals surface area (Å²) in [6, 6.07) is 9.86.